The summed E-state index contributed by atoms with van der Waals surface area (Å²) in [6, 6.07) is 10.4. The number of hydrogen-bond acceptors (Lipinski definition) is 2. The number of ketones is 1. The molecule has 0 aliphatic carbocycles. The van der Waals surface area contributed by atoms with Gasteiger partial charge in [0.1, 0.15) is 5.78 Å². The maximum atomic E-state index is 11.6. The van der Waals surface area contributed by atoms with Gasteiger partial charge in [0.2, 0.25) is 0 Å². The third-order valence-electron chi connectivity index (χ3n) is 3.21. The Labute approximate surface area is 97.3 Å². The van der Waals surface area contributed by atoms with E-state index in [1.54, 1.807) is 0 Å². The van der Waals surface area contributed by atoms with Crippen molar-refractivity contribution in [3.8, 4) is 0 Å². The molecular weight excluding hydrogens is 198 g/mol. The molecule has 2 nitrogen and oxygen atoms in total. The molecule has 0 spiro atoms. The molecule has 0 aromatic heterocycles. The van der Waals surface area contributed by atoms with Gasteiger partial charge in [-0.15, -0.1) is 0 Å². The lowest BCUT2D eigenvalue weighted by Crippen LogP contribution is -2.40. The predicted molar refractivity (Wildman–Crippen MR) is 64.8 cm³/mol. The third-order valence-corrected chi connectivity index (χ3v) is 3.21. The van der Waals surface area contributed by atoms with Crippen molar-refractivity contribution in [1.82, 2.24) is 4.90 Å². The molecule has 2 heteroatoms. The summed E-state index contributed by atoms with van der Waals surface area (Å²) in [5.74, 6) is 0.539. The number of carbonyl (C=O) groups excluding carboxylic acids is 1. The molecular formula is C14H18NO. The Bertz CT molecular complexity index is 347. The molecule has 1 aromatic rings. The monoisotopic (exact) mass is 216 g/mol. The van der Waals surface area contributed by atoms with Crippen molar-refractivity contribution in [1.29, 1.82) is 0 Å². The highest BCUT2D eigenvalue weighted by Crippen LogP contribution is 2.17. The molecule has 0 amide bonds. The van der Waals surface area contributed by atoms with Crippen molar-refractivity contribution >= 4 is 5.78 Å². The first-order valence-electron chi connectivity index (χ1n) is 5.88. The molecule has 1 aliphatic heterocycles. The van der Waals surface area contributed by atoms with Crippen molar-refractivity contribution in [2.45, 2.75) is 19.4 Å². The van der Waals surface area contributed by atoms with Crippen LogP contribution in [0.25, 0.3) is 0 Å². The Morgan fingerprint density at radius 3 is 2.75 bits per heavy atom. The number of benzene rings is 1. The molecule has 85 valence electrons. The fourth-order valence-electron chi connectivity index (χ4n) is 2.21. The van der Waals surface area contributed by atoms with Crippen LogP contribution in [0.1, 0.15) is 18.4 Å². The number of rotatable bonds is 3. The van der Waals surface area contributed by atoms with Gasteiger partial charge in [-0.1, -0.05) is 37.3 Å². The zero-order valence-corrected chi connectivity index (χ0v) is 9.56. The maximum absolute atomic E-state index is 11.6. The molecule has 2 rings (SSSR count). The molecule has 1 fully saturated rings. The molecule has 16 heavy (non-hydrogen) atoms. The largest absolute Gasteiger partial charge is 0.299 e. The van der Waals surface area contributed by atoms with E-state index in [0.29, 0.717) is 12.2 Å². The van der Waals surface area contributed by atoms with E-state index in [4.69, 9.17) is 0 Å². The lowest BCUT2D eigenvalue weighted by atomic mass is 9.94. The predicted octanol–water partition coefficient (Wildman–Crippen LogP) is 2.30. The highest BCUT2D eigenvalue weighted by atomic mass is 16.1. The SMILES string of the molecule is [CH2]CC1CN(Cc2ccccc2)CCC1=O. The topological polar surface area (TPSA) is 20.3 Å². The second-order valence-electron chi connectivity index (χ2n) is 4.42. The molecule has 0 saturated carbocycles. The highest BCUT2D eigenvalue weighted by molar-refractivity contribution is 5.82. The summed E-state index contributed by atoms with van der Waals surface area (Å²) in [5, 5.41) is 0. The Balaban J connectivity index is 1.94. The van der Waals surface area contributed by atoms with E-state index >= 15 is 0 Å². The number of Topliss-reactive ketones (excluding diaryl/α,β-unsaturated/α-hetero) is 1. The molecule has 0 N–H and O–H groups in total. The van der Waals surface area contributed by atoms with Crippen LogP contribution in [0.2, 0.25) is 0 Å². The lowest BCUT2D eigenvalue weighted by molar-refractivity contribution is -0.126. The fourth-order valence-corrected chi connectivity index (χ4v) is 2.21. The van der Waals surface area contributed by atoms with Crippen LogP contribution >= 0.6 is 0 Å². The molecule has 1 radical (unpaired) electrons. The second-order valence-corrected chi connectivity index (χ2v) is 4.42. The molecule has 1 atom stereocenters. The van der Waals surface area contributed by atoms with E-state index in [-0.39, 0.29) is 5.92 Å². The van der Waals surface area contributed by atoms with Gasteiger partial charge in [-0.3, -0.25) is 9.69 Å². The Hall–Kier alpha value is -1.15. The molecule has 1 saturated heterocycles. The van der Waals surface area contributed by atoms with Crippen molar-refractivity contribution in [2.24, 2.45) is 5.92 Å². The standard InChI is InChI=1S/C14H18NO/c1-2-13-11-15(9-8-14(13)16)10-12-6-4-3-5-7-12/h3-7,13H,1-2,8-11H2. The van der Waals surface area contributed by atoms with Gasteiger partial charge in [0, 0.05) is 32.0 Å². The Morgan fingerprint density at radius 2 is 2.06 bits per heavy atom. The van der Waals surface area contributed by atoms with Gasteiger partial charge >= 0.3 is 0 Å². The second kappa shape index (κ2) is 5.26. The molecule has 0 bridgehead atoms. The minimum Gasteiger partial charge on any atom is -0.299 e. The van der Waals surface area contributed by atoms with E-state index in [0.717, 1.165) is 26.1 Å². The van der Waals surface area contributed by atoms with Crippen molar-refractivity contribution in [3.63, 3.8) is 0 Å². The molecule has 1 heterocycles. The zero-order valence-electron chi connectivity index (χ0n) is 9.56. The third kappa shape index (κ3) is 2.70. The van der Waals surface area contributed by atoms with Crippen LogP contribution in [0.4, 0.5) is 0 Å². The van der Waals surface area contributed by atoms with E-state index < -0.39 is 0 Å². The quantitative estimate of drug-likeness (QED) is 0.772. The van der Waals surface area contributed by atoms with Crippen LogP contribution in [0.5, 0.6) is 0 Å². The average molecular weight is 216 g/mol. The van der Waals surface area contributed by atoms with Crippen LogP contribution in [0.3, 0.4) is 0 Å². The van der Waals surface area contributed by atoms with Gasteiger partial charge in [0.25, 0.3) is 0 Å². The van der Waals surface area contributed by atoms with E-state index in [9.17, 15) is 4.79 Å². The van der Waals surface area contributed by atoms with Crippen LogP contribution in [0, 0.1) is 12.8 Å². The Kier molecular flexibility index (Phi) is 3.73. The van der Waals surface area contributed by atoms with Crippen molar-refractivity contribution < 1.29 is 4.79 Å². The summed E-state index contributed by atoms with van der Waals surface area (Å²) < 4.78 is 0. The minimum absolute atomic E-state index is 0.150. The average Bonchev–Trinajstić information content (AvgIpc) is 2.33. The smallest absolute Gasteiger partial charge is 0.138 e. The number of likely N-dealkylation sites (tertiary alicyclic amines) is 1. The van der Waals surface area contributed by atoms with Gasteiger partial charge in [-0.2, -0.15) is 0 Å². The van der Waals surface area contributed by atoms with Crippen molar-refractivity contribution in [3.05, 3.63) is 42.8 Å². The van der Waals surface area contributed by atoms with Crippen LogP contribution < -0.4 is 0 Å². The summed E-state index contributed by atoms with van der Waals surface area (Å²) in [5.41, 5.74) is 1.32. The summed E-state index contributed by atoms with van der Waals surface area (Å²) in [7, 11) is 0. The van der Waals surface area contributed by atoms with Crippen LogP contribution in [-0.4, -0.2) is 23.8 Å². The van der Waals surface area contributed by atoms with Gasteiger partial charge in [-0.25, -0.2) is 0 Å². The van der Waals surface area contributed by atoms with E-state index in [1.165, 1.54) is 5.56 Å². The molecule has 1 unspecified atom stereocenters. The number of piperidine rings is 1. The summed E-state index contributed by atoms with van der Waals surface area (Å²) >= 11 is 0. The first-order valence-corrected chi connectivity index (χ1v) is 5.88. The highest BCUT2D eigenvalue weighted by Gasteiger charge is 2.25. The van der Waals surface area contributed by atoms with Gasteiger partial charge in [0.15, 0.2) is 0 Å². The minimum atomic E-state index is 0.150. The summed E-state index contributed by atoms with van der Waals surface area (Å²) in [4.78, 5) is 13.9. The lowest BCUT2D eigenvalue weighted by Gasteiger charge is -2.31. The first kappa shape index (κ1) is 11.3. The maximum Gasteiger partial charge on any atom is 0.138 e. The molecule has 1 aliphatic rings. The van der Waals surface area contributed by atoms with E-state index in [1.807, 2.05) is 6.07 Å². The first-order chi connectivity index (χ1) is 7.79. The molecule has 1 aromatic carbocycles. The van der Waals surface area contributed by atoms with Gasteiger partial charge in [0.05, 0.1) is 0 Å². The number of carbonyl (C=O) groups is 1. The fraction of sp³-hybridized carbons (Fsp3) is 0.429. The van der Waals surface area contributed by atoms with Crippen LogP contribution in [0.15, 0.2) is 30.3 Å². The normalized spacial score (nSPS) is 22.3. The van der Waals surface area contributed by atoms with E-state index in [2.05, 4.69) is 36.1 Å². The van der Waals surface area contributed by atoms with Crippen LogP contribution in [-0.2, 0) is 11.3 Å². The van der Waals surface area contributed by atoms with Gasteiger partial charge in [-0.05, 0) is 12.0 Å². The van der Waals surface area contributed by atoms with Gasteiger partial charge < -0.3 is 0 Å². The number of nitrogens with zero attached hydrogens (tertiary/aromatic N) is 1. The summed E-state index contributed by atoms with van der Waals surface area (Å²) in [6.45, 7) is 6.57. The Morgan fingerprint density at radius 1 is 1.31 bits per heavy atom. The van der Waals surface area contributed by atoms with Crippen molar-refractivity contribution in [2.75, 3.05) is 13.1 Å². The zero-order chi connectivity index (χ0) is 11.4. The summed E-state index contributed by atoms with van der Waals surface area (Å²) in [6.07, 6.45) is 1.41. The number of hydrogen-bond donors (Lipinski definition) is 0.